The van der Waals surface area contributed by atoms with Crippen molar-refractivity contribution < 1.29 is 18.0 Å². The van der Waals surface area contributed by atoms with E-state index < -0.39 is 11.9 Å². The first kappa shape index (κ1) is 18.8. The molecule has 0 radical (unpaired) electrons. The number of halogens is 5. The molecule has 0 spiro atoms. The lowest BCUT2D eigenvalue weighted by molar-refractivity contribution is -0.141. The van der Waals surface area contributed by atoms with Crippen LogP contribution in [0, 0.1) is 0 Å². The quantitative estimate of drug-likeness (QED) is 0.576. The SMILES string of the molecule is O=C(CCSc1nccc(C(F)(F)F)n1)Nc1c(Cl)cccc1Cl. The van der Waals surface area contributed by atoms with Gasteiger partial charge in [-0.25, -0.2) is 9.97 Å². The summed E-state index contributed by atoms with van der Waals surface area (Å²) in [5.74, 6) is -0.167. The van der Waals surface area contributed by atoms with Crippen molar-refractivity contribution in [2.75, 3.05) is 11.1 Å². The lowest BCUT2D eigenvalue weighted by Gasteiger charge is -2.09. The summed E-state index contributed by atoms with van der Waals surface area (Å²) in [6.45, 7) is 0. The Morgan fingerprint density at radius 3 is 2.50 bits per heavy atom. The fourth-order valence-electron chi connectivity index (χ4n) is 1.62. The fraction of sp³-hybridized carbons (Fsp3) is 0.214. The Labute approximate surface area is 149 Å². The number of carbonyl (C=O) groups excluding carboxylic acids is 1. The van der Waals surface area contributed by atoms with Crippen LogP contribution in [0.5, 0.6) is 0 Å². The van der Waals surface area contributed by atoms with Crippen LogP contribution in [0.15, 0.2) is 35.6 Å². The van der Waals surface area contributed by atoms with Gasteiger partial charge in [0.25, 0.3) is 0 Å². The van der Waals surface area contributed by atoms with Crippen LogP contribution in [0.1, 0.15) is 12.1 Å². The highest BCUT2D eigenvalue weighted by Gasteiger charge is 2.32. The molecule has 4 nitrogen and oxygen atoms in total. The third kappa shape index (κ3) is 5.25. The molecule has 1 N–H and O–H groups in total. The van der Waals surface area contributed by atoms with E-state index in [0.717, 1.165) is 24.0 Å². The molecule has 0 atom stereocenters. The molecule has 0 bridgehead atoms. The smallest absolute Gasteiger partial charge is 0.324 e. The molecule has 0 aliphatic heterocycles. The molecule has 0 unspecified atom stereocenters. The van der Waals surface area contributed by atoms with Crippen molar-refractivity contribution >= 4 is 46.6 Å². The summed E-state index contributed by atoms with van der Waals surface area (Å²) in [5, 5.41) is 3.11. The van der Waals surface area contributed by atoms with Crippen molar-refractivity contribution in [2.24, 2.45) is 0 Å². The summed E-state index contributed by atoms with van der Waals surface area (Å²) >= 11 is 12.8. The van der Waals surface area contributed by atoms with E-state index in [1.165, 1.54) is 0 Å². The Morgan fingerprint density at radius 1 is 1.21 bits per heavy atom. The minimum atomic E-state index is -4.53. The Morgan fingerprint density at radius 2 is 1.88 bits per heavy atom. The molecule has 128 valence electrons. The summed E-state index contributed by atoms with van der Waals surface area (Å²) in [6.07, 6.45) is -3.47. The van der Waals surface area contributed by atoms with E-state index in [9.17, 15) is 18.0 Å². The molecule has 1 aromatic heterocycles. The first-order valence-electron chi connectivity index (χ1n) is 6.54. The van der Waals surface area contributed by atoms with E-state index in [0.29, 0.717) is 15.7 Å². The van der Waals surface area contributed by atoms with E-state index in [4.69, 9.17) is 23.2 Å². The standard InChI is InChI=1S/C14H10Cl2F3N3OS/c15-8-2-1-3-9(16)12(8)22-11(23)5-7-24-13-20-6-4-10(21-13)14(17,18)19/h1-4,6H,5,7H2,(H,22,23). The number of nitrogens with zero attached hydrogens (tertiary/aromatic N) is 2. The van der Waals surface area contributed by atoms with Gasteiger partial charge in [0, 0.05) is 18.4 Å². The predicted octanol–water partition coefficient (Wildman–Crippen LogP) is 4.92. The number of thioether (sulfide) groups is 1. The molecule has 24 heavy (non-hydrogen) atoms. The van der Waals surface area contributed by atoms with Gasteiger partial charge in [-0.3, -0.25) is 4.79 Å². The first-order chi connectivity index (χ1) is 11.3. The number of hydrogen-bond donors (Lipinski definition) is 1. The van der Waals surface area contributed by atoms with Crippen molar-refractivity contribution in [1.82, 2.24) is 9.97 Å². The molecule has 0 saturated carbocycles. The molecule has 2 aromatic rings. The van der Waals surface area contributed by atoms with Gasteiger partial charge in [0.05, 0.1) is 15.7 Å². The van der Waals surface area contributed by atoms with Crippen LogP contribution in [-0.4, -0.2) is 21.6 Å². The number of anilines is 1. The van der Waals surface area contributed by atoms with Crippen LogP contribution in [0.2, 0.25) is 10.0 Å². The van der Waals surface area contributed by atoms with Gasteiger partial charge in [0.15, 0.2) is 5.16 Å². The maximum Gasteiger partial charge on any atom is 0.433 e. The molecule has 0 aliphatic carbocycles. The van der Waals surface area contributed by atoms with Gasteiger partial charge in [0.1, 0.15) is 5.69 Å². The van der Waals surface area contributed by atoms with Gasteiger partial charge in [-0.1, -0.05) is 41.0 Å². The average Bonchev–Trinajstić information content (AvgIpc) is 2.51. The number of amides is 1. The predicted molar refractivity (Wildman–Crippen MR) is 87.5 cm³/mol. The maximum atomic E-state index is 12.5. The number of carbonyl (C=O) groups is 1. The lowest BCUT2D eigenvalue weighted by atomic mass is 10.3. The van der Waals surface area contributed by atoms with Crippen LogP contribution in [0.4, 0.5) is 18.9 Å². The zero-order valence-electron chi connectivity index (χ0n) is 11.9. The number of aromatic nitrogens is 2. The molecule has 10 heteroatoms. The topological polar surface area (TPSA) is 54.9 Å². The van der Waals surface area contributed by atoms with Crippen molar-refractivity contribution in [3.05, 3.63) is 46.2 Å². The Bertz CT molecular complexity index is 723. The Hall–Kier alpha value is -1.51. The van der Waals surface area contributed by atoms with Crippen LogP contribution >= 0.6 is 35.0 Å². The number of para-hydroxylation sites is 1. The van der Waals surface area contributed by atoms with Crippen molar-refractivity contribution in [1.29, 1.82) is 0 Å². The van der Waals surface area contributed by atoms with E-state index >= 15 is 0 Å². The van der Waals surface area contributed by atoms with Crippen LogP contribution in [-0.2, 0) is 11.0 Å². The monoisotopic (exact) mass is 395 g/mol. The number of alkyl halides is 3. The lowest BCUT2D eigenvalue weighted by Crippen LogP contribution is -2.13. The van der Waals surface area contributed by atoms with Crippen molar-refractivity contribution in [3.63, 3.8) is 0 Å². The van der Waals surface area contributed by atoms with Gasteiger partial charge >= 0.3 is 6.18 Å². The fourth-order valence-corrected chi connectivity index (χ4v) is 2.88. The molecule has 0 aliphatic rings. The van der Waals surface area contributed by atoms with Crippen LogP contribution in [0.25, 0.3) is 0 Å². The molecule has 1 heterocycles. The second-order valence-electron chi connectivity index (χ2n) is 4.47. The zero-order chi connectivity index (χ0) is 17.7. The molecule has 0 fully saturated rings. The number of hydrogen-bond acceptors (Lipinski definition) is 4. The first-order valence-corrected chi connectivity index (χ1v) is 8.28. The Balaban J connectivity index is 1.89. The van der Waals surface area contributed by atoms with E-state index in [2.05, 4.69) is 15.3 Å². The Kier molecular flexibility index (Phi) is 6.31. The third-order valence-electron chi connectivity index (χ3n) is 2.71. The van der Waals surface area contributed by atoms with E-state index in [-0.39, 0.29) is 23.2 Å². The third-order valence-corrected chi connectivity index (χ3v) is 4.20. The second kappa shape index (κ2) is 8.04. The van der Waals surface area contributed by atoms with Gasteiger partial charge in [-0.15, -0.1) is 0 Å². The minimum absolute atomic E-state index is 0.0336. The molecule has 2 rings (SSSR count). The highest BCUT2D eigenvalue weighted by atomic mass is 35.5. The van der Waals surface area contributed by atoms with Gasteiger partial charge < -0.3 is 5.32 Å². The molecular weight excluding hydrogens is 386 g/mol. The highest BCUT2D eigenvalue weighted by molar-refractivity contribution is 7.99. The van der Waals surface area contributed by atoms with Gasteiger partial charge in [-0.05, 0) is 18.2 Å². The van der Waals surface area contributed by atoms with Crippen LogP contribution < -0.4 is 5.32 Å². The normalized spacial score (nSPS) is 11.4. The summed E-state index contributed by atoms with van der Waals surface area (Å²) < 4.78 is 37.6. The van der Waals surface area contributed by atoms with Gasteiger partial charge in [0.2, 0.25) is 5.91 Å². The number of benzene rings is 1. The molecular formula is C14H10Cl2F3N3OS. The summed E-state index contributed by atoms with van der Waals surface area (Å²) in [7, 11) is 0. The van der Waals surface area contributed by atoms with E-state index in [1.54, 1.807) is 18.2 Å². The molecule has 0 saturated heterocycles. The zero-order valence-corrected chi connectivity index (χ0v) is 14.2. The second-order valence-corrected chi connectivity index (χ2v) is 6.34. The largest absolute Gasteiger partial charge is 0.433 e. The average molecular weight is 396 g/mol. The summed E-state index contributed by atoms with van der Waals surface area (Å²) in [5.41, 5.74) is -0.724. The van der Waals surface area contributed by atoms with Crippen LogP contribution in [0.3, 0.4) is 0 Å². The van der Waals surface area contributed by atoms with E-state index in [1.807, 2.05) is 0 Å². The summed E-state index contributed by atoms with van der Waals surface area (Å²) in [4.78, 5) is 19.0. The van der Waals surface area contributed by atoms with Crippen molar-refractivity contribution in [2.45, 2.75) is 17.8 Å². The summed E-state index contributed by atoms with van der Waals surface area (Å²) in [6, 6.07) is 5.58. The van der Waals surface area contributed by atoms with Crippen molar-refractivity contribution in [3.8, 4) is 0 Å². The molecule has 1 amide bonds. The van der Waals surface area contributed by atoms with Gasteiger partial charge in [-0.2, -0.15) is 13.2 Å². The number of rotatable bonds is 5. The maximum absolute atomic E-state index is 12.5. The molecule has 1 aromatic carbocycles. The number of nitrogens with one attached hydrogen (secondary N) is 1. The highest BCUT2D eigenvalue weighted by Crippen LogP contribution is 2.30. The minimum Gasteiger partial charge on any atom is -0.324 e.